The molecule has 68 valence electrons. The molecule has 3 heteroatoms. The van der Waals surface area contributed by atoms with Crippen molar-refractivity contribution >= 4 is 5.96 Å². The summed E-state index contributed by atoms with van der Waals surface area (Å²) in [6.45, 7) is 0. The van der Waals surface area contributed by atoms with Crippen LogP contribution >= 0.6 is 0 Å². The first kappa shape index (κ1) is 7.90. The van der Waals surface area contributed by atoms with Gasteiger partial charge in [-0.25, -0.2) is 4.99 Å². The summed E-state index contributed by atoms with van der Waals surface area (Å²) in [5.74, 6) is 2.45. The van der Waals surface area contributed by atoms with Gasteiger partial charge in [0.1, 0.15) is 0 Å². The van der Waals surface area contributed by atoms with Gasteiger partial charge in [-0.15, -0.1) is 0 Å². The third-order valence-electron chi connectivity index (χ3n) is 3.10. The number of nitrogens with zero attached hydrogens (tertiary/aromatic N) is 2. The molecular weight excluding hydrogens is 150 g/mol. The topological polar surface area (TPSA) is 41.6 Å². The van der Waals surface area contributed by atoms with E-state index in [0.29, 0.717) is 12.0 Å². The van der Waals surface area contributed by atoms with E-state index in [2.05, 4.69) is 4.99 Å². The van der Waals surface area contributed by atoms with Gasteiger partial charge in [0.2, 0.25) is 0 Å². The Morgan fingerprint density at radius 1 is 1.33 bits per heavy atom. The van der Waals surface area contributed by atoms with Gasteiger partial charge >= 0.3 is 0 Å². The molecule has 0 heterocycles. The third-order valence-corrected chi connectivity index (χ3v) is 3.10. The van der Waals surface area contributed by atoms with Crippen molar-refractivity contribution in [3.8, 4) is 0 Å². The molecule has 2 atom stereocenters. The van der Waals surface area contributed by atoms with E-state index in [1.807, 2.05) is 19.0 Å². The predicted octanol–water partition coefficient (Wildman–Crippen LogP) is 0.661. The van der Waals surface area contributed by atoms with Crippen molar-refractivity contribution in [2.45, 2.75) is 25.3 Å². The van der Waals surface area contributed by atoms with E-state index in [0.717, 1.165) is 11.8 Å². The molecule has 0 radical (unpaired) electrons. The Labute approximate surface area is 73.6 Å². The Morgan fingerprint density at radius 2 is 1.92 bits per heavy atom. The van der Waals surface area contributed by atoms with Crippen LogP contribution in [0.5, 0.6) is 0 Å². The first-order valence-corrected chi connectivity index (χ1v) is 4.71. The average molecular weight is 167 g/mol. The molecule has 2 unspecified atom stereocenters. The SMILES string of the molecule is CN(C)C(N)=NC1C2CCCC21. The molecule has 0 aliphatic heterocycles. The minimum Gasteiger partial charge on any atom is -0.370 e. The number of fused-ring (bicyclic) bond motifs is 1. The van der Waals surface area contributed by atoms with Gasteiger partial charge in [-0.2, -0.15) is 0 Å². The first-order valence-electron chi connectivity index (χ1n) is 4.71. The average Bonchev–Trinajstić information content (AvgIpc) is 2.46. The summed E-state index contributed by atoms with van der Waals surface area (Å²) in [6, 6.07) is 0.571. The van der Waals surface area contributed by atoms with Gasteiger partial charge in [-0.05, 0) is 24.7 Å². The Hall–Kier alpha value is -0.730. The van der Waals surface area contributed by atoms with Crippen molar-refractivity contribution in [2.75, 3.05) is 14.1 Å². The maximum absolute atomic E-state index is 5.74. The van der Waals surface area contributed by atoms with Gasteiger partial charge in [0, 0.05) is 14.1 Å². The van der Waals surface area contributed by atoms with Gasteiger partial charge in [0.15, 0.2) is 5.96 Å². The number of aliphatic imine (C=N–C) groups is 1. The maximum Gasteiger partial charge on any atom is 0.191 e. The normalized spacial score (nSPS) is 39.5. The van der Waals surface area contributed by atoms with E-state index in [1.54, 1.807) is 0 Å². The molecule has 0 amide bonds. The molecule has 0 saturated heterocycles. The molecule has 3 nitrogen and oxygen atoms in total. The summed E-state index contributed by atoms with van der Waals surface area (Å²) in [7, 11) is 3.88. The number of hydrogen-bond donors (Lipinski definition) is 1. The van der Waals surface area contributed by atoms with Crippen molar-refractivity contribution in [3.05, 3.63) is 0 Å². The molecule has 0 bridgehead atoms. The van der Waals surface area contributed by atoms with Crippen molar-refractivity contribution in [1.29, 1.82) is 0 Å². The Bertz CT molecular complexity index is 200. The molecule has 0 aromatic carbocycles. The van der Waals surface area contributed by atoms with Gasteiger partial charge in [0.25, 0.3) is 0 Å². The molecule has 2 saturated carbocycles. The van der Waals surface area contributed by atoms with Gasteiger partial charge in [-0.1, -0.05) is 6.42 Å². The quantitative estimate of drug-likeness (QED) is 0.460. The zero-order valence-corrected chi connectivity index (χ0v) is 7.83. The summed E-state index contributed by atoms with van der Waals surface area (Å²) in [6.07, 6.45) is 4.16. The second kappa shape index (κ2) is 2.64. The summed E-state index contributed by atoms with van der Waals surface area (Å²) in [5, 5.41) is 0. The third kappa shape index (κ3) is 1.17. The number of nitrogens with two attached hydrogens (primary N) is 1. The van der Waals surface area contributed by atoms with E-state index < -0.39 is 0 Å². The van der Waals surface area contributed by atoms with Gasteiger partial charge < -0.3 is 10.6 Å². The highest BCUT2D eigenvalue weighted by Crippen LogP contribution is 2.53. The van der Waals surface area contributed by atoms with Gasteiger partial charge in [0.05, 0.1) is 6.04 Å². The molecule has 0 aromatic rings. The highest BCUT2D eigenvalue weighted by molar-refractivity contribution is 5.77. The summed E-state index contributed by atoms with van der Waals surface area (Å²) in [5.41, 5.74) is 5.74. The zero-order chi connectivity index (χ0) is 8.72. The number of rotatable bonds is 1. The smallest absolute Gasteiger partial charge is 0.191 e. The van der Waals surface area contributed by atoms with E-state index in [1.165, 1.54) is 19.3 Å². The van der Waals surface area contributed by atoms with Crippen molar-refractivity contribution in [3.63, 3.8) is 0 Å². The van der Waals surface area contributed by atoms with Crippen LogP contribution in [0.2, 0.25) is 0 Å². The van der Waals surface area contributed by atoms with Crippen molar-refractivity contribution < 1.29 is 0 Å². The number of guanidine groups is 1. The van der Waals surface area contributed by atoms with Crippen LogP contribution in [-0.2, 0) is 0 Å². The van der Waals surface area contributed by atoms with E-state index in [-0.39, 0.29) is 0 Å². The van der Waals surface area contributed by atoms with Crippen LogP contribution in [0.4, 0.5) is 0 Å². The summed E-state index contributed by atoms with van der Waals surface area (Å²) in [4.78, 5) is 6.38. The largest absolute Gasteiger partial charge is 0.370 e. The van der Waals surface area contributed by atoms with Crippen molar-refractivity contribution in [1.82, 2.24) is 4.90 Å². The maximum atomic E-state index is 5.74. The molecule has 2 rings (SSSR count). The summed E-state index contributed by atoms with van der Waals surface area (Å²) >= 11 is 0. The van der Waals surface area contributed by atoms with E-state index >= 15 is 0 Å². The highest BCUT2D eigenvalue weighted by atomic mass is 15.2. The fraction of sp³-hybridized carbons (Fsp3) is 0.889. The lowest BCUT2D eigenvalue weighted by Crippen LogP contribution is -2.30. The lowest BCUT2D eigenvalue weighted by Gasteiger charge is -2.10. The summed E-state index contributed by atoms with van der Waals surface area (Å²) < 4.78 is 0. The monoisotopic (exact) mass is 167 g/mol. The molecule has 0 aromatic heterocycles. The van der Waals surface area contributed by atoms with Crippen molar-refractivity contribution in [2.24, 2.45) is 22.6 Å². The van der Waals surface area contributed by atoms with Crippen LogP contribution < -0.4 is 5.73 Å². The lowest BCUT2D eigenvalue weighted by molar-refractivity contribution is 0.596. The minimum atomic E-state index is 0.571. The fourth-order valence-corrected chi connectivity index (χ4v) is 2.24. The predicted molar refractivity (Wildman–Crippen MR) is 49.9 cm³/mol. The first-order chi connectivity index (χ1) is 5.70. The second-order valence-corrected chi connectivity index (χ2v) is 4.13. The second-order valence-electron chi connectivity index (χ2n) is 4.13. The molecule has 2 fully saturated rings. The van der Waals surface area contributed by atoms with Gasteiger partial charge in [-0.3, -0.25) is 0 Å². The molecule has 0 spiro atoms. The van der Waals surface area contributed by atoms with Crippen LogP contribution in [0.3, 0.4) is 0 Å². The molecule has 2 aliphatic carbocycles. The van der Waals surface area contributed by atoms with E-state index in [4.69, 9.17) is 5.73 Å². The van der Waals surface area contributed by atoms with Crippen LogP contribution in [0.15, 0.2) is 4.99 Å². The molecular formula is C9H17N3. The molecule has 2 N–H and O–H groups in total. The Balaban J connectivity index is 1.93. The Kier molecular flexibility index (Phi) is 1.74. The lowest BCUT2D eigenvalue weighted by atomic mass is 10.2. The molecule has 12 heavy (non-hydrogen) atoms. The fourth-order valence-electron chi connectivity index (χ4n) is 2.24. The molecule has 2 aliphatic rings. The Morgan fingerprint density at radius 3 is 2.42 bits per heavy atom. The zero-order valence-electron chi connectivity index (χ0n) is 7.83. The van der Waals surface area contributed by atoms with Crippen LogP contribution in [0.25, 0.3) is 0 Å². The van der Waals surface area contributed by atoms with Crippen LogP contribution in [-0.4, -0.2) is 31.0 Å². The van der Waals surface area contributed by atoms with Crippen LogP contribution in [0.1, 0.15) is 19.3 Å². The van der Waals surface area contributed by atoms with Crippen LogP contribution in [0, 0.1) is 11.8 Å². The number of hydrogen-bond acceptors (Lipinski definition) is 1. The standard InChI is InChI=1S/C9H17N3/c1-12(2)9(10)11-8-6-4-3-5-7(6)8/h6-8H,3-5H2,1-2H3,(H2,10,11). The van der Waals surface area contributed by atoms with E-state index in [9.17, 15) is 0 Å². The highest BCUT2D eigenvalue weighted by Gasteiger charge is 2.52. The minimum absolute atomic E-state index is 0.571.